The molecule has 0 unspecified atom stereocenters. The van der Waals surface area contributed by atoms with Gasteiger partial charge in [-0.3, -0.25) is 19.9 Å². The fraction of sp³-hybridized carbons (Fsp3) is 0.519. The Kier molecular flexibility index (Phi) is 23.0. The Morgan fingerprint density at radius 2 is 1.07 bits per heavy atom. The van der Waals surface area contributed by atoms with Gasteiger partial charge in [0.25, 0.3) is 0 Å². The van der Waals surface area contributed by atoms with Crippen LogP contribution in [0.25, 0.3) is 0 Å². The molecule has 1 aliphatic rings. The van der Waals surface area contributed by atoms with Crippen LogP contribution in [-0.4, -0.2) is 36.1 Å². The Hall–Kier alpha value is -4.50. The molecule has 0 saturated carbocycles. The van der Waals surface area contributed by atoms with Gasteiger partial charge in [-0.2, -0.15) is 0 Å². The van der Waals surface area contributed by atoms with Crippen molar-refractivity contribution in [2.24, 2.45) is 10.4 Å². The van der Waals surface area contributed by atoms with Crippen LogP contribution in [0.3, 0.4) is 0 Å². The molecule has 0 bridgehead atoms. The van der Waals surface area contributed by atoms with Crippen LogP contribution >= 0.6 is 11.3 Å². The molecule has 0 saturated heterocycles. The summed E-state index contributed by atoms with van der Waals surface area (Å²) in [6, 6.07) is 15.1. The lowest BCUT2D eigenvalue weighted by Gasteiger charge is -2.17. The van der Waals surface area contributed by atoms with Crippen LogP contribution in [0.1, 0.15) is 172 Å². The first-order valence-electron chi connectivity index (χ1n) is 20.8. The molecule has 0 atom stereocenters. The summed E-state index contributed by atoms with van der Waals surface area (Å²) in [6.45, 7) is 40.2. The van der Waals surface area contributed by atoms with Crippen molar-refractivity contribution < 1.29 is 4.39 Å². The summed E-state index contributed by atoms with van der Waals surface area (Å²) < 4.78 is 13.0. The lowest BCUT2D eigenvalue weighted by molar-refractivity contribution is 0.500. The van der Waals surface area contributed by atoms with Gasteiger partial charge in [-0.15, -0.1) is 11.3 Å². The second kappa shape index (κ2) is 24.8. The van der Waals surface area contributed by atoms with Crippen molar-refractivity contribution in [3.63, 3.8) is 0 Å². The van der Waals surface area contributed by atoms with Crippen LogP contribution in [0.4, 0.5) is 4.39 Å². The van der Waals surface area contributed by atoms with Gasteiger partial charge in [-0.1, -0.05) is 150 Å². The van der Waals surface area contributed by atoms with E-state index in [0.717, 1.165) is 23.6 Å². The number of hydrogen-bond donors (Lipinski definition) is 0. The van der Waals surface area contributed by atoms with Gasteiger partial charge in [0.2, 0.25) is 0 Å². The average molecular weight is 854 g/mol. The Morgan fingerprint density at radius 1 is 0.508 bits per heavy atom. The highest BCUT2D eigenvalue weighted by Gasteiger charge is 2.20. The molecule has 7 nitrogen and oxygen atoms in total. The summed E-state index contributed by atoms with van der Waals surface area (Å²) in [4.78, 5) is 29.3. The van der Waals surface area contributed by atoms with Gasteiger partial charge in [-0.25, -0.2) is 19.3 Å². The van der Waals surface area contributed by atoms with Gasteiger partial charge in [0.05, 0.1) is 10.7 Å². The van der Waals surface area contributed by atoms with Crippen LogP contribution < -0.4 is 0 Å². The number of hydrogen-bond acceptors (Lipinski definition) is 8. The number of halogens is 1. The third kappa shape index (κ3) is 23.3. The molecular formula is C52H80FN7S. The maximum Gasteiger partial charge on any atom is 0.145 e. The molecule has 6 rings (SSSR count). The molecule has 6 heterocycles. The number of aromatic nitrogens is 6. The van der Waals surface area contributed by atoms with Gasteiger partial charge < -0.3 is 0 Å². The van der Waals surface area contributed by atoms with E-state index in [-0.39, 0.29) is 45.7 Å². The molecule has 5 aromatic rings. The fourth-order valence-electron chi connectivity index (χ4n) is 4.80. The molecular weight excluding hydrogens is 774 g/mol. The van der Waals surface area contributed by atoms with Crippen molar-refractivity contribution in [3.8, 4) is 0 Å². The quantitative estimate of drug-likeness (QED) is 0.154. The first-order chi connectivity index (χ1) is 27.4. The second-order valence-electron chi connectivity index (χ2n) is 20.8. The van der Waals surface area contributed by atoms with Crippen LogP contribution in [-0.2, 0) is 27.1 Å². The van der Waals surface area contributed by atoms with E-state index in [1.165, 1.54) is 22.3 Å². The molecule has 0 spiro atoms. The fourth-order valence-corrected chi connectivity index (χ4v) is 5.53. The first kappa shape index (κ1) is 56.5. The van der Waals surface area contributed by atoms with E-state index in [2.05, 4.69) is 170 Å². The second-order valence-corrected chi connectivity index (χ2v) is 21.7. The number of aliphatic imine (C=N–C) groups is 1. The topological polar surface area (TPSA) is 89.7 Å². The monoisotopic (exact) mass is 854 g/mol. The summed E-state index contributed by atoms with van der Waals surface area (Å²) in [5.74, 6) is 0.676. The Morgan fingerprint density at radius 3 is 1.36 bits per heavy atom. The Balaban J connectivity index is 0.000000707. The molecule has 0 amide bonds. The SMILES string of the molecule is C.CC(C)(C)C1=CCC=N1.CC(C)(C)c1ccccn1.CC(C)(C)c1ncccc1F.CC(C)(C)c1ncccn1.CC(C)(C)c1nccs1.Cc1ccc(C(C)(C)C)nc1. The van der Waals surface area contributed by atoms with Crippen LogP contribution in [0.2, 0.25) is 0 Å². The minimum absolute atomic E-state index is 0. The maximum absolute atomic E-state index is 13.0. The lowest BCUT2D eigenvalue weighted by atomic mass is 9.91. The summed E-state index contributed by atoms with van der Waals surface area (Å²) in [5, 5.41) is 3.23. The molecule has 336 valence electrons. The highest BCUT2D eigenvalue weighted by Crippen LogP contribution is 2.28. The zero-order chi connectivity index (χ0) is 46.0. The third-order valence-corrected chi connectivity index (χ3v) is 9.51. The molecule has 0 N–H and O–H groups in total. The van der Waals surface area contributed by atoms with Crippen molar-refractivity contribution in [1.82, 2.24) is 29.9 Å². The van der Waals surface area contributed by atoms with E-state index in [9.17, 15) is 4.39 Å². The first-order valence-corrected chi connectivity index (χ1v) is 21.7. The van der Waals surface area contributed by atoms with Crippen molar-refractivity contribution in [1.29, 1.82) is 0 Å². The van der Waals surface area contributed by atoms with E-state index >= 15 is 0 Å². The van der Waals surface area contributed by atoms with Gasteiger partial charge in [0.15, 0.2) is 0 Å². The minimum Gasteiger partial charge on any atom is -0.265 e. The normalized spacial score (nSPS) is 12.4. The van der Waals surface area contributed by atoms with E-state index < -0.39 is 0 Å². The standard InChI is InChI=1S/C10H15N.C9H12FN.C9H13N.C8H12N2.C8H13N.C7H11NS.CH4/c1-8-5-6-9(11-7-8)10(2,3)4;1-9(2,3)8-7(10)5-4-6-11-8;1-9(2,3)8-6-4-5-7-10-8;1-8(2,3)7-9-5-4-6-10-7;1-8(2,3)7-5-4-6-9-7;1-7(2,3)6-8-4-5-9-6;/h5-7H,1-4H3;4-6H,1-3H3;4-7H,1-3H3;4-6H,1-3H3;5-6H,4H2,1-3H3;4-5H,1-3H3;1H4. The number of aryl methyl sites for hydroxylation is 1. The zero-order valence-corrected chi connectivity index (χ0v) is 41.3. The van der Waals surface area contributed by atoms with E-state index in [1.54, 1.807) is 36.0 Å². The van der Waals surface area contributed by atoms with Crippen molar-refractivity contribution >= 4 is 17.6 Å². The van der Waals surface area contributed by atoms with Crippen LogP contribution in [0.15, 0.2) is 108 Å². The summed E-state index contributed by atoms with van der Waals surface area (Å²) in [5.41, 5.74) is 5.97. The summed E-state index contributed by atoms with van der Waals surface area (Å²) in [6.07, 6.45) is 15.9. The number of thiazole rings is 1. The third-order valence-electron chi connectivity index (χ3n) is 8.31. The lowest BCUT2D eigenvalue weighted by Crippen LogP contribution is -2.15. The minimum atomic E-state index is -0.222. The molecule has 0 fully saturated rings. The van der Waals surface area contributed by atoms with Gasteiger partial charge in [-0.05, 0) is 48.9 Å². The number of nitrogens with zero attached hydrogens (tertiary/aromatic N) is 7. The Labute approximate surface area is 375 Å². The number of rotatable bonds is 0. The summed E-state index contributed by atoms with van der Waals surface area (Å²) >= 11 is 1.72. The molecule has 61 heavy (non-hydrogen) atoms. The van der Waals surface area contributed by atoms with Crippen LogP contribution in [0, 0.1) is 18.2 Å². The molecule has 0 aliphatic carbocycles. The molecule has 1 aliphatic heterocycles. The molecule has 5 aromatic heterocycles. The molecule has 9 heteroatoms. The highest BCUT2D eigenvalue weighted by atomic mass is 32.1. The number of allylic oxidation sites excluding steroid dienone is 2. The Bertz CT molecular complexity index is 1920. The summed E-state index contributed by atoms with van der Waals surface area (Å²) in [7, 11) is 0. The van der Waals surface area contributed by atoms with Crippen LogP contribution in [0.5, 0.6) is 0 Å². The number of pyridine rings is 3. The van der Waals surface area contributed by atoms with E-state index in [4.69, 9.17) is 0 Å². The predicted octanol–water partition coefficient (Wildman–Crippen LogP) is 14.8. The van der Waals surface area contributed by atoms with Crippen molar-refractivity contribution in [3.05, 3.63) is 142 Å². The molecule has 0 aromatic carbocycles. The largest absolute Gasteiger partial charge is 0.265 e. The van der Waals surface area contributed by atoms with Gasteiger partial charge in [0.1, 0.15) is 11.6 Å². The van der Waals surface area contributed by atoms with E-state index in [0.29, 0.717) is 5.69 Å². The molecule has 0 radical (unpaired) electrons. The highest BCUT2D eigenvalue weighted by molar-refractivity contribution is 7.09. The predicted molar refractivity (Wildman–Crippen MR) is 262 cm³/mol. The van der Waals surface area contributed by atoms with Gasteiger partial charge >= 0.3 is 0 Å². The van der Waals surface area contributed by atoms with Crippen molar-refractivity contribution in [2.75, 3.05) is 0 Å². The van der Waals surface area contributed by atoms with Gasteiger partial charge in [0, 0.05) is 105 Å². The zero-order valence-electron chi connectivity index (χ0n) is 40.4. The average Bonchev–Trinajstić information content (AvgIpc) is 3.89. The van der Waals surface area contributed by atoms with E-state index in [1.807, 2.05) is 69.2 Å². The maximum atomic E-state index is 13.0. The van der Waals surface area contributed by atoms with Crippen molar-refractivity contribution in [2.45, 2.75) is 172 Å². The smallest absolute Gasteiger partial charge is 0.145 e.